The fourth-order valence-corrected chi connectivity index (χ4v) is 4.57. The maximum Gasteiger partial charge on any atom is 0.243 e. The largest absolute Gasteiger partial charge is 0.370 e. The molecule has 30 heavy (non-hydrogen) atoms. The molecule has 0 radical (unpaired) electrons. The summed E-state index contributed by atoms with van der Waals surface area (Å²) in [5.41, 5.74) is 6.04. The van der Waals surface area contributed by atoms with Gasteiger partial charge in [0.1, 0.15) is 6.04 Å². The Morgan fingerprint density at radius 1 is 1.37 bits per heavy atom. The topological polar surface area (TPSA) is 141 Å². The van der Waals surface area contributed by atoms with Crippen molar-refractivity contribution in [2.45, 2.75) is 44.7 Å². The van der Waals surface area contributed by atoms with Gasteiger partial charge in [0, 0.05) is 20.0 Å². The van der Waals surface area contributed by atoms with Crippen LogP contribution in [0.5, 0.6) is 0 Å². The molecule has 0 spiro atoms. The van der Waals surface area contributed by atoms with Gasteiger partial charge in [-0.1, -0.05) is 12.1 Å². The Bertz CT molecular complexity index is 926. The highest BCUT2D eigenvalue weighted by atomic mass is 32.1. The lowest BCUT2D eigenvalue weighted by Crippen LogP contribution is -2.50. The van der Waals surface area contributed by atoms with Gasteiger partial charge in [-0.2, -0.15) is 0 Å². The predicted molar refractivity (Wildman–Crippen MR) is 115 cm³/mol. The standard InChI is InChI=1S/C20H26N6O3S/c1-12(27)26-11-5-8-15(26)18(29)24-14(7-4-10-23-20(21)22)17(28)19-25-13-6-2-3-9-16(13)30-19/h2-3,6,9,14-15H,4-5,7-8,10-11H2,1H3,(H,24,29)(H4,21,22,23)/t14?,15-/m0/s1. The number of nitrogens with two attached hydrogens (primary N) is 1. The average Bonchev–Trinajstić information content (AvgIpc) is 3.36. The number of Topliss-reactive ketones (excluding diaryl/α,β-unsaturated/α-hetero) is 1. The van der Waals surface area contributed by atoms with Gasteiger partial charge < -0.3 is 21.3 Å². The van der Waals surface area contributed by atoms with Crippen LogP contribution in [0, 0.1) is 5.41 Å². The van der Waals surface area contributed by atoms with Gasteiger partial charge >= 0.3 is 0 Å². The van der Waals surface area contributed by atoms with Gasteiger partial charge in [0.2, 0.25) is 17.6 Å². The first-order valence-electron chi connectivity index (χ1n) is 9.92. The number of fused-ring (bicyclic) bond motifs is 1. The first kappa shape index (κ1) is 21.7. The fourth-order valence-electron chi connectivity index (χ4n) is 3.61. The van der Waals surface area contributed by atoms with Gasteiger partial charge in [0.15, 0.2) is 11.0 Å². The van der Waals surface area contributed by atoms with Crippen LogP contribution in [-0.4, -0.2) is 58.6 Å². The Morgan fingerprint density at radius 2 is 2.13 bits per heavy atom. The van der Waals surface area contributed by atoms with E-state index in [9.17, 15) is 14.4 Å². The highest BCUT2D eigenvalue weighted by Crippen LogP contribution is 2.24. The number of likely N-dealkylation sites (tertiary alicyclic amines) is 1. The number of nitrogens with one attached hydrogen (secondary N) is 3. The molecule has 5 N–H and O–H groups in total. The van der Waals surface area contributed by atoms with Crippen LogP contribution < -0.4 is 16.4 Å². The lowest BCUT2D eigenvalue weighted by atomic mass is 10.1. The van der Waals surface area contributed by atoms with Crippen molar-refractivity contribution in [2.24, 2.45) is 5.73 Å². The predicted octanol–water partition coefficient (Wildman–Crippen LogP) is 1.24. The van der Waals surface area contributed by atoms with E-state index in [1.165, 1.54) is 18.3 Å². The summed E-state index contributed by atoms with van der Waals surface area (Å²) in [5, 5.41) is 13.1. The second-order valence-corrected chi connectivity index (χ2v) is 8.30. The monoisotopic (exact) mass is 430 g/mol. The van der Waals surface area contributed by atoms with E-state index >= 15 is 0 Å². The normalized spacial score (nSPS) is 17.0. The summed E-state index contributed by atoms with van der Waals surface area (Å²) in [5.74, 6) is -0.857. The number of benzene rings is 1. The quantitative estimate of drug-likeness (QED) is 0.215. The van der Waals surface area contributed by atoms with E-state index in [4.69, 9.17) is 11.1 Å². The number of carbonyl (C=O) groups excluding carboxylic acids is 3. The lowest BCUT2D eigenvalue weighted by Gasteiger charge is -2.25. The third-order valence-corrected chi connectivity index (χ3v) is 6.13. The number of carbonyl (C=O) groups is 3. The molecular formula is C20H26N6O3S. The van der Waals surface area contributed by atoms with Gasteiger partial charge in [-0.25, -0.2) is 4.98 Å². The number of guanidine groups is 1. The molecule has 2 atom stereocenters. The number of para-hydroxylation sites is 1. The second kappa shape index (κ2) is 9.66. The van der Waals surface area contributed by atoms with Crippen LogP contribution in [0.15, 0.2) is 24.3 Å². The number of thiazole rings is 1. The molecule has 3 rings (SSSR count). The van der Waals surface area contributed by atoms with Crippen molar-refractivity contribution >= 4 is 45.1 Å². The zero-order valence-corrected chi connectivity index (χ0v) is 17.6. The molecule has 1 aliphatic heterocycles. The number of aromatic nitrogens is 1. The molecule has 1 unspecified atom stereocenters. The first-order chi connectivity index (χ1) is 14.4. The minimum atomic E-state index is -0.763. The Labute approximate surface area is 178 Å². The van der Waals surface area contributed by atoms with Crippen molar-refractivity contribution in [3.05, 3.63) is 29.3 Å². The van der Waals surface area contributed by atoms with Crippen LogP contribution in [0.1, 0.15) is 42.4 Å². The van der Waals surface area contributed by atoms with E-state index in [0.29, 0.717) is 37.4 Å². The minimum Gasteiger partial charge on any atom is -0.370 e. The number of amides is 2. The molecule has 0 aliphatic carbocycles. The molecule has 1 fully saturated rings. The molecule has 1 aromatic heterocycles. The summed E-state index contributed by atoms with van der Waals surface area (Å²) in [6.07, 6.45) is 2.24. The van der Waals surface area contributed by atoms with Gasteiger partial charge in [0.25, 0.3) is 0 Å². The second-order valence-electron chi connectivity index (χ2n) is 7.27. The van der Waals surface area contributed by atoms with Crippen LogP contribution >= 0.6 is 11.3 Å². The third kappa shape index (κ3) is 5.12. The molecule has 2 heterocycles. The van der Waals surface area contributed by atoms with Gasteiger partial charge in [-0.05, 0) is 37.8 Å². The number of hydrogen-bond acceptors (Lipinski definition) is 6. The number of rotatable bonds is 8. The number of hydrogen-bond donors (Lipinski definition) is 4. The highest BCUT2D eigenvalue weighted by molar-refractivity contribution is 7.20. The Morgan fingerprint density at radius 3 is 2.83 bits per heavy atom. The summed E-state index contributed by atoms with van der Waals surface area (Å²) in [6.45, 7) is 2.41. The molecule has 2 amide bonds. The van der Waals surface area contributed by atoms with E-state index in [0.717, 1.165) is 16.6 Å². The smallest absolute Gasteiger partial charge is 0.243 e. The first-order valence-corrected chi connectivity index (χ1v) is 10.7. The molecule has 160 valence electrons. The fraction of sp³-hybridized carbons (Fsp3) is 0.450. The van der Waals surface area contributed by atoms with Crippen molar-refractivity contribution in [3.8, 4) is 0 Å². The van der Waals surface area contributed by atoms with E-state index in [1.54, 1.807) is 4.90 Å². The van der Waals surface area contributed by atoms with E-state index < -0.39 is 12.1 Å². The minimum absolute atomic E-state index is 0.142. The zero-order valence-electron chi connectivity index (χ0n) is 16.8. The van der Waals surface area contributed by atoms with Crippen molar-refractivity contribution in [2.75, 3.05) is 13.1 Å². The summed E-state index contributed by atoms with van der Waals surface area (Å²) in [7, 11) is 0. The van der Waals surface area contributed by atoms with Crippen LogP contribution in [0.3, 0.4) is 0 Å². The molecule has 2 aromatic rings. The van der Waals surface area contributed by atoms with Crippen molar-refractivity contribution < 1.29 is 14.4 Å². The molecule has 0 bridgehead atoms. The van der Waals surface area contributed by atoms with E-state index in [2.05, 4.69) is 15.6 Å². The van der Waals surface area contributed by atoms with Crippen LogP contribution in [-0.2, 0) is 9.59 Å². The number of ketones is 1. The summed E-state index contributed by atoms with van der Waals surface area (Å²) >= 11 is 1.30. The van der Waals surface area contributed by atoms with Crippen molar-refractivity contribution in [3.63, 3.8) is 0 Å². The summed E-state index contributed by atoms with van der Waals surface area (Å²) in [6, 6.07) is 6.18. The maximum absolute atomic E-state index is 13.2. The molecule has 1 aromatic carbocycles. The van der Waals surface area contributed by atoms with Crippen LogP contribution in [0.2, 0.25) is 0 Å². The average molecular weight is 431 g/mol. The molecular weight excluding hydrogens is 404 g/mol. The van der Waals surface area contributed by atoms with Crippen molar-refractivity contribution in [1.29, 1.82) is 5.41 Å². The molecule has 9 nitrogen and oxygen atoms in total. The SMILES string of the molecule is CC(=O)N1CCC[C@H]1C(=O)NC(CCCNC(=N)N)C(=O)c1nc2ccccc2s1. The lowest BCUT2D eigenvalue weighted by molar-refractivity contribution is -0.137. The number of nitrogens with zero attached hydrogens (tertiary/aromatic N) is 2. The van der Waals surface area contributed by atoms with Gasteiger partial charge in [-0.15, -0.1) is 11.3 Å². The zero-order chi connectivity index (χ0) is 21.7. The summed E-state index contributed by atoms with van der Waals surface area (Å²) < 4.78 is 0.905. The molecule has 0 saturated carbocycles. The molecule has 1 saturated heterocycles. The molecule has 10 heteroatoms. The Kier molecular flexibility index (Phi) is 6.99. The highest BCUT2D eigenvalue weighted by Gasteiger charge is 2.35. The summed E-state index contributed by atoms with van der Waals surface area (Å²) in [4.78, 5) is 43.8. The Hall–Kier alpha value is -3.01. The van der Waals surface area contributed by atoms with Crippen LogP contribution in [0.4, 0.5) is 0 Å². The van der Waals surface area contributed by atoms with Gasteiger partial charge in [0.05, 0.1) is 16.3 Å². The maximum atomic E-state index is 13.2. The Balaban J connectivity index is 1.75. The van der Waals surface area contributed by atoms with Gasteiger partial charge in [-0.3, -0.25) is 19.8 Å². The van der Waals surface area contributed by atoms with E-state index in [1.807, 2.05) is 24.3 Å². The van der Waals surface area contributed by atoms with Crippen LogP contribution in [0.25, 0.3) is 10.2 Å². The third-order valence-electron chi connectivity index (χ3n) is 5.08. The van der Waals surface area contributed by atoms with Crippen molar-refractivity contribution in [1.82, 2.24) is 20.5 Å². The van der Waals surface area contributed by atoms with E-state index in [-0.39, 0.29) is 23.6 Å². The molecule has 1 aliphatic rings.